The molecule has 1 fully saturated rings. The molecule has 0 saturated carbocycles. The first kappa shape index (κ1) is 14.4. The normalized spacial score (nSPS) is 18.5. The molecule has 1 saturated heterocycles. The Kier molecular flexibility index (Phi) is 5.36. The molecule has 1 amide bonds. The van der Waals surface area contributed by atoms with E-state index in [2.05, 4.69) is 18.7 Å². The number of nitrogens with zero attached hydrogens (tertiary/aromatic N) is 2. The van der Waals surface area contributed by atoms with Gasteiger partial charge in [0.2, 0.25) is 5.91 Å². The summed E-state index contributed by atoms with van der Waals surface area (Å²) in [6.07, 6.45) is 0.483. The number of carbonyl (C=O) groups is 1. The fourth-order valence-electron chi connectivity index (χ4n) is 2.04. The fourth-order valence-corrected chi connectivity index (χ4v) is 2.04. The molecular weight excluding hydrogens is 218 g/mol. The smallest absolute Gasteiger partial charge is 0.224 e. The van der Waals surface area contributed by atoms with E-state index >= 15 is 0 Å². The van der Waals surface area contributed by atoms with Crippen LogP contribution in [0.2, 0.25) is 0 Å². The minimum Gasteiger partial charge on any atom is -0.384 e. The van der Waals surface area contributed by atoms with Crippen LogP contribution in [0.3, 0.4) is 0 Å². The Hall–Kier alpha value is -0.650. The number of hydrogen-bond donors (Lipinski definition) is 1. The maximum atomic E-state index is 11.8. The van der Waals surface area contributed by atoms with Gasteiger partial charge in [-0.2, -0.15) is 0 Å². The number of rotatable bonds is 5. The lowest BCUT2D eigenvalue weighted by molar-refractivity contribution is -0.134. The molecule has 1 aliphatic heterocycles. The molecule has 0 atom stereocenters. The van der Waals surface area contributed by atoms with E-state index in [0.29, 0.717) is 19.6 Å². The van der Waals surface area contributed by atoms with E-state index in [1.165, 1.54) is 0 Å². The van der Waals surface area contributed by atoms with Crippen molar-refractivity contribution in [3.8, 4) is 0 Å². The van der Waals surface area contributed by atoms with Gasteiger partial charge in [0, 0.05) is 45.4 Å². The molecule has 0 aromatic carbocycles. The van der Waals surface area contributed by atoms with Gasteiger partial charge < -0.3 is 15.4 Å². The third-order valence-electron chi connectivity index (χ3n) is 3.51. The van der Waals surface area contributed by atoms with Gasteiger partial charge in [-0.3, -0.25) is 9.69 Å². The second kappa shape index (κ2) is 6.33. The summed E-state index contributed by atoms with van der Waals surface area (Å²) in [4.78, 5) is 16.1. The van der Waals surface area contributed by atoms with Crippen molar-refractivity contribution in [3.05, 3.63) is 0 Å². The molecule has 1 rings (SSSR count). The zero-order valence-corrected chi connectivity index (χ0v) is 11.2. The second-order valence-corrected chi connectivity index (χ2v) is 5.13. The van der Waals surface area contributed by atoms with E-state index in [1.54, 1.807) is 7.11 Å². The van der Waals surface area contributed by atoms with Gasteiger partial charge in [0.1, 0.15) is 0 Å². The molecule has 2 N–H and O–H groups in total. The average Bonchev–Trinajstić information content (AvgIpc) is 2.36. The topological polar surface area (TPSA) is 58.8 Å². The van der Waals surface area contributed by atoms with Crippen LogP contribution in [0, 0.1) is 0 Å². The lowest BCUT2D eigenvalue weighted by atomic mass is 10.0. The summed E-state index contributed by atoms with van der Waals surface area (Å²) in [5.74, 6) is 0.192. The van der Waals surface area contributed by atoms with E-state index in [9.17, 15) is 4.79 Å². The predicted molar refractivity (Wildman–Crippen MR) is 67.8 cm³/mol. The molecule has 0 aromatic rings. The Labute approximate surface area is 104 Å². The highest BCUT2D eigenvalue weighted by Gasteiger charge is 2.29. The molecule has 0 aliphatic carbocycles. The Balaban J connectivity index is 2.38. The summed E-state index contributed by atoms with van der Waals surface area (Å²) in [7, 11) is 1.62. The largest absolute Gasteiger partial charge is 0.384 e. The molecule has 0 aromatic heterocycles. The molecule has 1 aliphatic rings. The Morgan fingerprint density at radius 3 is 2.35 bits per heavy atom. The number of piperazine rings is 1. The van der Waals surface area contributed by atoms with Crippen LogP contribution in [-0.2, 0) is 9.53 Å². The summed E-state index contributed by atoms with van der Waals surface area (Å²) in [5.41, 5.74) is 5.79. The standard InChI is InChI=1S/C12H25N3O2/c1-12(2,10-13)15-7-5-14(6-8-15)11(16)4-9-17-3/h4-10,13H2,1-3H3. The number of nitrogens with two attached hydrogens (primary N) is 1. The van der Waals surface area contributed by atoms with E-state index < -0.39 is 0 Å². The van der Waals surface area contributed by atoms with E-state index in [0.717, 1.165) is 26.2 Å². The second-order valence-electron chi connectivity index (χ2n) is 5.13. The third-order valence-corrected chi connectivity index (χ3v) is 3.51. The molecule has 17 heavy (non-hydrogen) atoms. The van der Waals surface area contributed by atoms with Gasteiger partial charge in [0.15, 0.2) is 0 Å². The van der Waals surface area contributed by atoms with Crippen LogP contribution < -0.4 is 5.73 Å². The molecular formula is C12H25N3O2. The maximum Gasteiger partial charge on any atom is 0.224 e. The van der Waals surface area contributed by atoms with Gasteiger partial charge in [-0.1, -0.05) is 0 Å². The third kappa shape index (κ3) is 3.94. The SMILES string of the molecule is COCCC(=O)N1CCN(C(C)(C)CN)CC1. The average molecular weight is 243 g/mol. The molecule has 1 heterocycles. The van der Waals surface area contributed by atoms with Gasteiger partial charge in [-0.15, -0.1) is 0 Å². The maximum absolute atomic E-state index is 11.8. The van der Waals surface area contributed by atoms with E-state index in [4.69, 9.17) is 10.5 Å². The summed E-state index contributed by atoms with van der Waals surface area (Å²) in [6, 6.07) is 0. The van der Waals surface area contributed by atoms with E-state index in [-0.39, 0.29) is 11.4 Å². The zero-order chi connectivity index (χ0) is 12.9. The fraction of sp³-hybridized carbons (Fsp3) is 0.917. The Morgan fingerprint density at radius 1 is 1.29 bits per heavy atom. The van der Waals surface area contributed by atoms with Crippen molar-refractivity contribution in [2.45, 2.75) is 25.8 Å². The number of carbonyl (C=O) groups excluding carboxylic acids is 1. The lowest BCUT2D eigenvalue weighted by Gasteiger charge is -2.43. The van der Waals surface area contributed by atoms with Gasteiger partial charge in [0.05, 0.1) is 13.0 Å². The predicted octanol–water partition coefficient (Wildman–Crippen LogP) is -0.0956. The van der Waals surface area contributed by atoms with Crippen molar-refractivity contribution in [2.24, 2.45) is 5.73 Å². The summed E-state index contributed by atoms with van der Waals surface area (Å²) < 4.78 is 4.92. The summed E-state index contributed by atoms with van der Waals surface area (Å²) >= 11 is 0. The van der Waals surface area contributed by atoms with Crippen molar-refractivity contribution in [3.63, 3.8) is 0 Å². The van der Waals surface area contributed by atoms with Crippen molar-refractivity contribution in [2.75, 3.05) is 46.4 Å². The minimum absolute atomic E-state index is 0.0294. The van der Waals surface area contributed by atoms with Gasteiger partial charge in [-0.05, 0) is 13.8 Å². The number of amides is 1. The van der Waals surface area contributed by atoms with Crippen molar-refractivity contribution >= 4 is 5.91 Å². The van der Waals surface area contributed by atoms with Crippen molar-refractivity contribution < 1.29 is 9.53 Å². The first-order chi connectivity index (χ1) is 8.01. The van der Waals surface area contributed by atoms with Gasteiger partial charge in [-0.25, -0.2) is 0 Å². The number of methoxy groups -OCH3 is 1. The highest BCUT2D eigenvalue weighted by Crippen LogP contribution is 2.15. The van der Waals surface area contributed by atoms with E-state index in [1.807, 2.05) is 4.90 Å². The highest BCUT2D eigenvalue weighted by atomic mass is 16.5. The first-order valence-corrected chi connectivity index (χ1v) is 6.23. The number of ether oxygens (including phenoxy) is 1. The first-order valence-electron chi connectivity index (χ1n) is 6.23. The number of hydrogen-bond acceptors (Lipinski definition) is 4. The lowest BCUT2D eigenvalue weighted by Crippen LogP contribution is -2.58. The zero-order valence-electron chi connectivity index (χ0n) is 11.2. The van der Waals surface area contributed by atoms with Crippen LogP contribution in [0.15, 0.2) is 0 Å². The molecule has 0 bridgehead atoms. The van der Waals surface area contributed by atoms with Crippen LogP contribution in [0.5, 0.6) is 0 Å². The summed E-state index contributed by atoms with van der Waals surface area (Å²) in [6.45, 7) is 8.85. The van der Waals surface area contributed by atoms with Crippen LogP contribution in [-0.4, -0.2) is 67.7 Å². The quantitative estimate of drug-likeness (QED) is 0.733. The van der Waals surface area contributed by atoms with Crippen LogP contribution in [0.25, 0.3) is 0 Å². The molecule has 5 nitrogen and oxygen atoms in total. The molecule has 0 unspecified atom stereocenters. The molecule has 0 spiro atoms. The Morgan fingerprint density at radius 2 is 1.88 bits per heavy atom. The van der Waals surface area contributed by atoms with Gasteiger partial charge >= 0.3 is 0 Å². The molecule has 5 heteroatoms. The monoisotopic (exact) mass is 243 g/mol. The highest BCUT2D eigenvalue weighted by molar-refractivity contribution is 5.76. The van der Waals surface area contributed by atoms with Crippen molar-refractivity contribution in [1.29, 1.82) is 0 Å². The Bertz CT molecular complexity index is 248. The van der Waals surface area contributed by atoms with Crippen molar-refractivity contribution in [1.82, 2.24) is 9.80 Å². The minimum atomic E-state index is 0.0294. The summed E-state index contributed by atoms with van der Waals surface area (Å²) in [5, 5.41) is 0. The molecule has 0 radical (unpaired) electrons. The van der Waals surface area contributed by atoms with Crippen LogP contribution in [0.4, 0.5) is 0 Å². The van der Waals surface area contributed by atoms with Crippen LogP contribution >= 0.6 is 0 Å². The van der Waals surface area contributed by atoms with Gasteiger partial charge in [0.25, 0.3) is 0 Å². The van der Waals surface area contributed by atoms with Crippen LogP contribution in [0.1, 0.15) is 20.3 Å². The molecule has 100 valence electrons.